The lowest BCUT2D eigenvalue weighted by Gasteiger charge is -2.39. The molecule has 0 aliphatic carbocycles. The molecule has 3 aromatic rings. The minimum Gasteiger partial charge on any atom is -0.449 e. The lowest BCUT2D eigenvalue weighted by atomic mass is 10.0. The Kier molecular flexibility index (Phi) is 7.35. The van der Waals surface area contributed by atoms with Crippen LogP contribution in [0.5, 0.6) is 0 Å². The van der Waals surface area contributed by atoms with Crippen molar-refractivity contribution in [3.05, 3.63) is 89.5 Å². The standard InChI is InChI=1S/C28H34O3S/c1-19(2)22-7-13-25(14-8-22)32(31-28(29)30,26-15-9-23(10-16-26)20(3)4)27-17-11-24(12-18-27)21(5)6/h7-21H,1-6H3,(H,29,30). The normalized spacial score (nSPS) is 12.4. The quantitative estimate of drug-likeness (QED) is 0.391. The summed E-state index contributed by atoms with van der Waals surface area (Å²) >= 11 is 0. The maximum Gasteiger partial charge on any atom is 0.517 e. The first-order chi connectivity index (χ1) is 15.1. The molecule has 0 radical (unpaired) electrons. The van der Waals surface area contributed by atoms with Crippen LogP contribution in [0.15, 0.2) is 87.5 Å². The Balaban J connectivity index is 2.28. The number of carboxylic acid groups (broad SMARTS) is 1. The summed E-state index contributed by atoms with van der Waals surface area (Å²) in [5.74, 6) is 1.18. The van der Waals surface area contributed by atoms with Gasteiger partial charge >= 0.3 is 6.16 Å². The van der Waals surface area contributed by atoms with Gasteiger partial charge in [0.1, 0.15) is 0 Å². The van der Waals surface area contributed by atoms with E-state index in [0.717, 1.165) is 14.7 Å². The van der Waals surface area contributed by atoms with Crippen LogP contribution >= 0.6 is 10.3 Å². The van der Waals surface area contributed by atoms with E-state index < -0.39 is 16.5 Å². The van der Waals surface area contributed by atoms with Gasteiger partial charge in [0.2, 0.25) is 0 Å². The van der Waals surface area contributed by atoms with Crippen LogP contribution in [0.1, 0.15) is 76.0 Å². The zero-order valence-electron chi connectivity index (χ0n) is 19.8. The second kappa shape index (κ2) is 9.83. The van der Waals surface area contributed by atoms with E-state index in [-0.39, 0.29) is 0 Å². The summed E-state index contributed by atoms with van der Waals surface area (Å²) in [5.41, 5.74) is 3.63. The summed E-state index contributed by atoms with van der Waals surface area (Å²) in [7, 11) is -2.46. The monoisotopic (exact) mass is 450 g/mol. The largest absolute Gasteiger partial charge is 0.517 e. The number of benzene rings is 3. The molecule has 0 fully saturated rings. The molecule has 0 spiro atoms. The molecule has 1 N–H and O–H groups in total. The Hall–Kier alpha value is -2.72. The van der Waals surface area contributed by atoms with Gasteiger partial charge in [-0.3, -0.25) is 0 Å². The van der Waals surface area contributed by atoms with Crippen molar-refractivity contribution in [2.45, 2.75) is 74.0 Å². The smallest absolute Gasteiger partial charge is 0.449 e. The first-order valence-corrected chi connectivity index (χ1v) is 12.8. The minimum absolute atomic E-state index is 0.393. The van der Waals surface area contributed by atoms with Gasteiger partial charge in [-0.05, 0) is 81.2 Å². The molecule has 0 aliphatic rings. The first kappa shape index (κ1) is 23.9. The van der Waals surface area contributed by atoms with Crippen LogP contribution in [0.3, 0.4) is 0 Å². The lowest BCUT2D eigenvalue weighted by molar-refractivity contribution is 0.150. The van der Waals surface area contributed by atoms with E-state index in [1.165, 1.54) is 16.7 Å². The highest BCUT2D eigenvalue weighted by Crippen LogP contribution is 2.69. The SMILES string of the molecule is CC(C)c1ccc(S(OC(=O)O)(c2ccc(C(C)C)cc2)c2ccc(C(C)C)cc2)cc1. The van der Waals surface area contributed by atoms with Crippen LogP contribution < -0.4 is 0 Å². The van der Waals surface area contributed by atoms with Gasteiger partial charge in [-0.25, -0.2) is 4.79 Å². The lowest BCUT2D eigenvalue weighted by Crippen LogP contribution is -2.12. The fraction of sp³-hybridized carbons (Fsp3) is 0.321. The van der Waals surface area contributed by atoms with E-state index in [1.54, 1.807) is 0 Å². The maximum atomic E-state index is 12.1. The molecule has 0 heterocycles. The molecule has 3 rings (SSSR count). The summed E-state index contributed by atoms with van der Waals surface area (Å²) in [6.45, 7) is 12.9. The van der Waals surface area contributed by atoms with Crippen molar-refractivity contribution in [2.75, 3.05) is 0 Å². The zero-order valence-corrected chi connectivity index (χ0v) is 20.6. The minimum atomic E-state index is -2.46. The second-order valence-electron chi connectivity index (χ2n) is 9.08. The first-order valence-electron chi connectivity index (χ1n) is 11.2. The van der Waals surface area contributed by atoms with E-state index in [0.29, 0.717) is 17.8 Å². The van der Waals surface area contributed by atoms with Gasteiger partial charge in [0.05, 0.1) is 0 Å². The van der Waals surface area contributed by atoms with Crippen LogP contribution in [0.4, 0.5) is 4.79 Å². The Labute approximate surface area is 194 Å². The van der Waals surface area contributed by atoms with Crippen molar-refractivity contribution in [1.82, 2.24) is 0 Å². The highest BCUT2D eigenvalue weighted by atomic mass is 32.3. The number of hydrogen-bond donors (Lipinski definition) is 1. The average Bonchev–Trinajstić information content (AvgIpc) is 2.77. The third-order valence-electron chi connectivity index (χ3n) is 5.83. The fourth-order valence-corrected chi connectivity index (χ4v) is 6.67. The summed E-state index contributed by atoms with van der Waals surface area (Å²) in [5, 5.41) is 9.86. The Bertz CT molecular complexity index is 908. The molecule has 0 saturated heterocycles. The molecular weight excluding hydrogens is 416 g/mol. The van der Waals surface area contributed by atoms with Gasteiger partial charge in [-0.2, -0.15) is 0 Å². The Morgan fingerprint density at radius 1 is 0.594 bits per heavy atom. The molecule has 0 unspecified atom stereocenters. The van der Waals surface area contributed by atoms with Gasteiger partial charge in [0, 0.05) is 14.7 Å². The maximum absolute atomic E-state index is 12.1. The Morgan fingerprint density at radius 3 is 1.03 bits per heavy atom. The van der Waals surface area contributed by atoms with Gasteiger partial charge in [0.15, 0.2) is 0 Å². The molecule has 3 aromatic carbocycles. The number of rotatable bonds is 7. The van der Waals surface area contributed by atoms with Gasteiger partial charge < -0.3 is 9.29 Å². The van der Waals surface area contributed by atoms with Crippen LogP contribution in [0.25, 0.3) is 0 Å². The van der Waals surface area contributed by atoms with Crippen molar-refractivity contribution in [3.8, 4) is 0 Å². The molecule has 0 atom stereocenters. The van der Waals surface area contributed by atoms with Crippen molar-refractivity contribution in [3.63, 3.8) is 0 Å². The predicted octanol–water partition coefficient (Wildman–Crippen LogP) is 8.95. The Morgan fingerprint density at radius 2 is 0.844 bits per heavy atom. The molecule has 0 aromatic heterocycles. The molecule has 4 heteroatoms. The molecule has 0 aliphatic heterocycles. The summed E-state index contributed by atoms with van der Waals surface area (Å²) in [4.78, 5) is 14.7. The molecule has 0 amide bonds. The van der Waals surface area contributed by atoms with Crippen molar-refractivity contribution < 1.29 is 14.1 Å². The predicted molar refractivity (Wildman–Crippen MR) is 133 cm³/mol. The average molecular weight is 451 g/mol. The van der Waals surface area contributed by atoms with Crippen LogP contribution in [-0.2, 0) is 4.18 Å². The van der Waals surface area contributed by atoms with Crippen molar-refractivity contribution in [1.29, 1.82) is 0 Å². The van der Waals surface area contributed by atoms with E-state index in [9.17, 15) is 9.90 Å². The molecule has 3 nitrogen and oxygen atoms in total. The van der Waals surface area contributed by atoms with E-state index >= 15 is 0 Å². The summed E-state index contributed by atoms with van der Waals surface area (Å²) in [6, 6.07) is 24.7. The molecule has 170 valence electrons. The number of carbonyl (C=O) groups is 1. The molecule has 0 saturated carbocycles. The van der Waals surface area contributed by atoms with Gasteiger partial charge in [-0.15, -0.1) is 0 Å². The van der Waals surface area contributed by atoms with Gasteiger partial charge in [-0.1, -0.05) is 77.9 Å². The van der Waals surface area contributed by atoms with Crippen molar-refractivity contribution >= 4 is 16.5 Å². The molecule has 32 heavy (non-hydrogen) atoms. The second-order valence-corrected chi connectivity index (χ2v) is 11.8. The third-order valence-corrected chi connectivity index (χ3v) is 9.03. The van der Waals surface area contributed by atoms with Crippen LogP contribution in [0.2, 0.25) is 0 Å². The van der Waals surface area contributed by atoms with E-state index in [4.69, 9.17) is 4.18 Å². The summed E-state index contributed by atoms with van der Waals surface area (Å²) in [6.07, 6.45) is -1.27. The van der Waals surface area contributed by atoms with E-state index in [1.807, 2.05) is 36.4 Å². The molecular formula is C28H34O3S. The van der Waals surface area contributed by atoms with Crippen LogP contribution in [-0.4, -0.2) is 11.3 Å². The topological polar surface area (TPSA) is 46.5 Å². The third kappa shape index (κ3) is 4.86. The van der Waals surface area contributed by atoms with Crippen molar-refractivity contribution in [2.24, 2.45) is 0 Å². The summed E-state index contributed by atoms with van der Waals surface area (Å²) < 4.78 is 5.90. The number of hydrogen-bond acceptors (Lipinski definition) is 2. The molecule has 0 bridgehead atoms. The fourth-order valence-electron chi connectivity index (χ4n) is 3.79. The highest BCUT2D eigenvalue weighted by Gasteiger charge is 2.36. The van der Waals surface area contributed by atoms with Crippen LogP contribution in [0, 0.1) is 0 Å². The zero-order chi connectivity index (χ0) is 23.5. The van der Waals surface area contributed by atoms with E-state index in [2.05, 4.69) is 77.9 Å². The highest BCUT2D eigenvalue weighted by molar-refractivity contribution is 8.30. The van der Waals surface area contributed by atoms with Gasteiger partial charge in [0.25, 0.3) is 0 Å².